The van der Waals surface area contributed by atoms with Crippen molar-refractivity contribution in [3.63, 3.8) is 0 Å². The minimum absolute atomic E-state index is 0.306. The second-order valence-corrected chi connectivity index (χ2v) is 9.59. The normalized spacial score (nSPS) is 14.4. The van der Waals surface area contributed by atoms with Crippen LogP contribution in [0.15, 0.2) is 67.3 Å². The minimum Gasteiger partial charge on any atom is -0.366 e. The van der Waals surface area contributed by atoms with E-state index in [1.807, 2.05) is 13.1 Å². The molecule has 3 N–H and O–H groups in total. The summed E-state index contributed by atoms with van der Waals surface area (Å²) in [5, 5.41) is 4.71. The van der Waals surface area contributed by atoms with Crippen molar-refractivity contribution in [3.05, 3.63) is 78.5 Å². The molecule has 0 atom stereocenters. The Kier molecular flexibility index (Phi) is 5.60. The first-order chi connectivity index (χ1) is 17.6. The lowest BCUT2D eigenvalue weighted by Crippen LogP contribution is -2.17. The van der Waals surface area contributed by atoms with E-state index in [0.717, 1.165) is 51.9 Å². The zero-order valence-electron chi connectivity index (χ0n) is 20.2. The number of anilines is 2. The average molecular weight is 477 g/mol. The van der Waals surface area contributed by atoms with E-state index < -0.39 is 5.91 Å². The van der Waals surface area contributed by atoms with E-state index >= 15 is 0 Å². The molecular weight excluding hydrogens is 448 g/mol. The highest BCUT2D eigenvalue weighted by atomic mass is 16.1. The van der Waals surface area contributed by atoms with Crippen LogP contribution in [0.3, 0.4) is 0 Å². The molecule has 5 aromatic rings. The van der Waals surface area contributed by atoms with Gasteiger partial charge < -0.3 is 15.6 Å². The van der Waals surface area contributed by atoms with Gasteiger partial charge in [-0.2, -0.15) is 0 Å². The minimum atomic E-state index is -0.466. The molecule has 0 unspecified atom stereocenters. The molecule has 0 saturated heterocycles. The lowest BCUT2D eigenvalue weighted by atomic mass is 9.85. The van der Waals surface area contributed by atoms with E-state index in [9.17, 15) is 4.79 Å². The molecule has 3 heterocycles. The van der Waals surface area contributed by atoms with Crippen LogP contribution >= 0.6 is 0 Å². The van der Waals surface area contributed by atoms with Crippen LogP contribution in [0, 0.1) is 0 Å². The highest BCUT2D eigenvalue weighted by molar-refractivity contribution is 6.01. The Bertz CT molecular complexity index is 1600. The number of amides is 1. The highest BCUT2D eigenvalue weighted by Crippen LogP contribution is 2.39. The number of nitrogens with zero attached hydrogens (tertiary/aromatic N) is 4. The first-order valence-corrected chi connectivity index (χ1v) is 12.4. The van der Waals surface area contributed by atoms with E-state index in [1.165, 1.54) is 24.6 Å². The number of carbonyl (C=O) groups is 1. The van der Waals surface area contributed by atoms with Crippen LogP contribution in [0.25, 0.3) is 33.1 Å². The predicted octanol–water partition coefficient (Wildman–Crippen LogP) is 6.07. The third-order valence-electron chi connectivity index (χ3n) is 7.28. The third kappa shape index (κ3) is 3.96. The molecule has 180 valence electrons. The molecule has 0 aliphatic heterocycles. The summed E-state index contributed by atoms with van der Waals surface area (Å²) in [6.07, 6.45) is 12.9. The Balaban J connectivity index is 1.50. The highest BCUT2D eigenvalue weighted by Gasteiger charge is 2.24. The van der Waals surface area contributed by atoms with Gasteiger partial charge in [-0.05, 0) is 54.1 Å². The van der Waals surface area contributed by atoms with Gasteiger partial charge in [-0.25, -0.2) is 0 Å². The molecule has 0 radical (unpaired) electrons. The topological polar surface area (TPSA) is 98.7 Å². The van der Waals surface area contributed by atoms with Crippen LogP contribution in [-0.2, 0) is 7.05 Å². The smallest absolute Gasteiger partial charge is 0.250 e. The SMILES string of the molecule is Cn1ccc2ccc(-c3cc(Nc4c(C(N)=O)ccnc4C4CCCCC4)cc4nccnc34)cc21. The second kappa shape index (κ2) is 9.07. The van der Waals surface area contributed by atoms with Gasteiger partial charge in [0.05, 0.1) is 28.0 Å². The molecule has 1 aliphatic carbocycles. The molecular formula is C29H28N6O. The number of rotatable bonds is 5. The number of hydrogen-bond acceptors (Lipinski definition) is 5. The van der Waals surface area contributed by atoms with Crippen LogP contribution < -0.4 is 11.1 Å². The molecule has 2 aromatic carbocycles. The number of primary amides is 1. The summed E-state index contributed by atoms with van der Waals surface area (Å²) in [4.78, 5) is 26.4. The number of aromatic nitrogens is 4. The summed E-state index contributed by atoms with van der Waals surface area (Å²) >= 11 is 0. The fourth-order valence-electron chi connectivity index (χ4n) is 5.44. The van der Waals surface area contributed by atoms with E-state index in [4.69, 9.17) is 10.7 Å². The second-order valence-electron chi connectivity index (χ2n) is 9.59. The maximum atomic E-state index is 12.4. The first-order valence-electron chi connectivity index (χ1n) is 12.4. The number of aryl methyl sites for hydroxylation is 1. The van der Waals surface area contributed by atoms with E-state index in [-0.39, 0.29) is 0 Å². The van der Waals surface area contributed by atoms with E-state index in [2.05, 4.69) is 56.4 Å². The average Bonchev–Trinajstić information content (AvgIpc) is 3.28. The molecule has 3 aromatic heterocycles. The van der Waals surface area contributed by atoms with Gasteiger partial charge >= 0.3 is 0 Å². The summed E-state index contributed by atoms with van der Waals surface area (Å²) in [5.41, 5.74) is 13.4. The molecule has 1 saturated carbocycles. The van der Waals surface area contributed by atoms with E-state index in [0.29, 0.717) is 17.2 Å². The molecule has 1 amide bonds. The standard InChI is InChI=1S/C29H28N6O/c1-35-14-10-18-7-8-20(15-25(18)35)23-16-21(17-24-27(23)33-13-12-31-24)34-28-22(29(30)36)9-11-32-26(28)19-5-3-2-4-6-19/h7-17,19,34H,2-6H2,1H3,(H2,30,36). The van der Waals surface area contributed by atoms with Crippen LogP contribution in [-0.4, -0.2) is 25.4 Å². The summed E-state index contributed by atoms with van der Waals surface area (Å²) in [7, 11) is 2.04. The fraction of sp³-hybridized carbons (Fsp3) is 0.241. The lowest BCUT2D eigenvalue weighted by molar-refractivity contribution is 0.100. The summed E-state index contributed by atoms with van der Waals surface area (Å²) in [6.45, 7) is 0. The number of nitrogens with two attached hydrogens (primary N) is 1. The van der Waals surface area contributed by atoms with E-state index in [1.54, 1.807) is 24.7 Å². The lowest BCUT2D eigenvalue weighted by Gasteiger charge is -2.25. The van der Waals surface area contributed by atoms with Gasteiger partial charge in [0.1, 0.15) is 0 Å². The van der Waals surface area contributed by atoms with Crippen molar-refractivity contribution < 1.29 is 4.79 Å². The van der Waals surface area contributed by atoms with Gasteiger partial charge in [-0.15, -0.1) is 0 Å². The number of carbonyl (C=O) groups excluding carboxylic acids is 1. The van der Waals surface area contributed by atoms with Crippen molar-refractivity contribution >= 4 is 39.2 Å². The molecule has 6 rings (SSSR count). The summed E-state index contributed by atoms with van der Waals surface area (Å²) in [6, 6.07) is 14.3. The number of fused-ring (bicyclic) bond motifs is 2. The predicted molar refractivity (Wildman–Crippen MR) is 143 cm³/mol. The quantitative estimate of drug-likeness (QED) is 0.321. The zero-order valence-corrected chi connectivity index (χ0v) is 20.2. The van der Waals surface area contributed by atoms with Crippen LogP contribution in [0.4, 0.5) is 11.4 Å². The van der Waals surface area contributed by atoms with Crippen molar-refractivity contribution in [3.8, 4) is 11.1 Å². The van der Waals surface area contributed by atoms with Crippen LogP contribution in [0.1, 0.15) is 54.1 Å². The van der Waals surface area contributed by atoms with Gasteiger partial charge in [0.15, 0.2) is 0 Å². The monoisotopic (exact) mass is 476 g/mol. The summed E-state index contributed by atoms with van der Waals surface area (Å²) < 4.78 is 2.11. The molecule has 1 aliphatic rings. The van der Waals surface area contributed by atoms with Crippen molar-refractivity contribution in [1.82, 2.24) is 19.5 Å². The molecule has 7 heteroatoms. The van der Waals surface area contributed by atoms with Gasteiger partial charge in [0.2, 0.25) is 0 Å². The third-order valence-corrected chi connectivity index (χ3v) is 7.28. The van der Waals surface area contributed by atoms with Crippen LogP contribution in [0.5, 0.6) is 0 Å². The van der Waals surface area contributed by atoms with Gasteiger partial charge in [0, 0.05) is 54.5 Å². The number of hydrogen-bond donors (Lipinski definition) is 2. The Morgan fingerprint density at radius 1 is 0.972 bits per heavy atom. The Morgan fingerprint density at radius 2 is 1.81 bits per heavy atom. The Hall–Kier alpha value is -4.26. The van der Waals surface area contributed by atoms with Crippen molar-refractivity contribution in [2.75, 3.05) is 5.32 Å². The van der Waals surface area contributed by atoms with Gasteiger partial charge in [-0.3, -0.25) is 19.7 Å². The largest absolute Gasteiger partial charge is 0.366 e. The molecule has 7 nitrogen and oxygen atoms in total. The molecule has 1 fully saturated rings. The maximum Gasteiger partial charge on any atom is 0.250 e. The van der Waals surface area contributed by atoms with Gasteiger partial charge in [-0.1, -0.05) is 31.4 Å². The van der Waals surface area contributed by atoms with Crippen LogP contribution in [0.2, 0.25) is 0 Å². The molecule has 0 spiro atoms. The zero-order chi connectivity index (χ0) is 24.6. The van der Waals surface area contributed by atoms with Gasteiger partial charge in [0.25, 0.3) is 5.91 Å². The maximum absolute atomic E-state index is 12.4. The number of pyridine rings is 1. The fourth-order valence-corrected chi connectivity index (χ4v) is 5.44. The number of nitrogens with one attached hydrogen (secondary N) is 1. The van der Waals surface area contributed by atoms with Crippen molar-refractivity contribution in [1.29, 1.82) is 0 Å². The molecule has 0 bridgehead atoms. The van der Waals surface area contributed by atoms with Crippen molar-refractivity contribution in [2.24, 2.45) is 12.8 Å². The first kappa shape index (κ1) is 22.2. The Labute approximate surface area is 209 Å². The van der Waals surface area contributed by atoms with Crippen molar-refractivity contribution in [2.45, 2.75) is 38.0 Å². The molecule has 36 heavy (non-hydrogen) atoms. The number of benzene rings is 2. The summed E-state index contributed by atoms with van der Waals surface area (Å²) in [5.74, 6) is -0.160. The Morgan fingerprint density at radius 3 is 2.64 bits per heavy atom.